The van der Waals surface area contributed by atoms with E-state index >= 15 is 0 Å². The molecule has 0 saturated heterocycles. The molecule has 2 N–H and O–H groups in total. The summed E-state index contributed by atoms with van der Waals surface area (Å²) in [6.45, 7) is 2.05. The van der Waals surface area contributed by atoms with Crippen LogP contribution < -0.4 is 10.3 Å². The van der Waals surface area contributed by atoms with Crippen molar-refractivity contribution >= 4 is 0 Å². The lowest BCUT2D eigenvalue weighted by Crippen LogP contribution is -2.35. The molecule has 0 saturated carbocycles. The van der Waals surface area contributed by atoms with Crippen molar-refractivity contribution in [3.8, 4) is 22.9 Å². The van der Waals surface area contributed by atoms with Gasteiger partial charge in [0.15, 0.2) is 11.5 Å². The molecule has 1 aromatic carbocycles. The molecule has 1 aliphatic rings. The van der Waals surface area contributed by atoms with Gasteiger partial charge in [-0.15, -0.1) is 0 Å². The number of ether oxygens (including phenoxy) is 1. The monoisotopic (exact) mass is 364 g/mol. The zero-order valence-corrected chi connectivity index (χ0v) is 15.0. The lowest BCUT2D eigenvalue weighted by molar-refractivity contribution is 0.240. The molecular weight excluding hydrogens is 344 g/mol. The first-order valence-electron chi connectivity index (χ1n) is 8.75. The topological polar surface area (TPSA) is 91.3 Å². The van der Waals surface area contributed by atoms with Gasteiger partial charge in [0.1, 0.15) is 5.82 Å². The minimum absolute atomic E-state index is 0.0789. The lowest BCUT2D eigenvalue weighted by atomic mass is 10.0. The molecule has 138 valence electrons. The Balaban J connectivity index is 1.59. The Morgan fingerprint density at radius 2 is 2.22 bits per heavy atom. The van der Waals surface area contributed by atoms with E-state index in [2.05, 4.69) is 19.9 Å². The van der Waals surface area contributed by atoms with Crippen LogP contribution in [0.25, 0.3) is 11.4 Å². The first-order chi connectivity index (χ1) is 13.1. The Morgan fingerprint density at radius 3 is 3.00 bits per heavy atom. The molecule has 0 aliphatic carbocycles. The van der Waals surface area contributed by atoms with Crippen molar-refractivity contribution in [3.05, 3.63) is 69.9 Å². The number of aromatic hydroxyl groups is 1. The Labute approximate surface area is 156 Å². The van der Waals surface area contributed by atoms with E-state index < -0.39 is 0 Å². The third-order valence-corrected chi connectivity index (χ3v) is 4.74. The second-order valence-corrected chi connectivity index (χ2v) is 6.55. The highest BCUT2D eigenvalue weighted by molar-refractivity contribution is 5.53. The molecule has 0 radical (unpaired) electrons. The number of hydrogen-bond donors (Lipinski definition) is 2. The standard InChI is InChI=1S/C20H20N4O3/c1-27-18-9-13(4-5-17(18)25)11-24-8-6-15-16(12-24)22-19(23-20(15)26)14-3-2-7-21-10-14/h2-5,7,9-10,25H,6,8,11-12H2,1H3,(H,22,23,26). The number of benzene rings is 1. The van der Waals surface area contributed by atoms with E-state index in [9.17, 15) is 9.90 Å². The number of rotatable bonds is 4. The maximum absolute atomic E-state index is 12.5. The molecule has 3 heterocycles. The summed E-state index contributed by atoms with van der Waals surface area (Å²) in [4.78, 5) is 26.3. The highest BCUT2D eigenvalue weighted by Gasteiger charge is 2.21. The maximum atomic E-state index is 12.5. The van der Waals surface area contributed by atoms with Gasteiger partial charge >= 0.3 is 0 Å². The van der Waals surface area contributed by atoms with E-state index in [0.717, 1.165) is 28.9 Å². The number of aromatic nitrogens is 3. The second-order valence-electron chi connectivity index (χ2n) is 6.55. The van der Waals surface area contributed by atoms with Crippen LogP contribution in [0.15, 0.2) is 47.5 Å². The minimum Gasteiger partial charge on any atom is -0.504 e. The van der Waals surface area contributed by atoms with Gasteiger partial charge in [-0.1, -0.05) is 6.07 Å². The molecule has 4 rings (SSSR count). The van der Waals surface area contributed by atoms with Crippen molar-refractivity contribution in [2.45, 2.75) is 19.5 Å². The number of H-pyrrole nitrogens is 1. The van der Waals surface area contributed by atoms with Gasteiger partial charge in [-0.2, -0.15) is 0 Å². The molecule has 3 aromatic rings. The van der Waals surface area contributed by atoms with Crippen molar-refractivity contribution in [2.24, 2.45) is 0 Å². The molecule has 0 fully saturated rings. The van der Waals surface area contributed by atoms with Gasteiger partial charge < -0.3 is 14.8 Å². The van der Waals surface area contributed by atoms with Crippen LogP contribution in [0.1, 0.15) is 16.8 Å². The number of pyridine rings is 1. The van der Waals surface area contributed by atoms with Crippen molar-refractivity contribution in [1.82, 2.24) is 19.9 Å². The average Bonchev–Trinajstić information content (AvgIpc) is 2.70. The molecule has 0 amide bonds. The van der Waals surface area contributed by atoms with E-state index in [1.165, 1.54) is 7.11 Å². The van der Waals surface area contributed by atoms with Crippen LogP contribution in [0.5, 0.6) is 11.5 Å². The van der Waals surface area contributed by atoms with E-state index in [0.29, 0.717) is 31.1 Å². The Bertz CT molecular complexity index is 1020. The molecular formula is C20H20N4O3. The highest BCUT2D eigenvalue weighted by atomic mass is 16.5. The molecule has 7 nitrogen and oxygen atoms in total. The van der Waals surface area contributed by atoms with Crippen molar-refractivity contribution in [3.63, 3.8) is 0 Å². The fourth-order valence-electron chi connectivity index (χ4n) is 3.35. The zero-order chi connectivity index (χ0) is 18.8. The van der Waals surface area contributed by atoms with Gasteiger partial charge in [-0.25, -0.2) is 4.98 Å². The van der Waals surface area contributed by atoms with Gasteiger partial charge in [-0.3, -0.25) is 14.7 Å². The second kappa shape index (κ2) is 7.20. The molecule has 0 unspecified atom stereocenters. The number of methoxy groups -OCH3 is 1. The molecule has 7 heteroatoms. The van der Waals surface area contributed by atoms with E-state index in [1.807, 2.05) is 24.3 Å². The van der Waals surface area contributed by atoms with Gasteiger partial charge in [0.05, 0.1) is 12.8 Å². The summed E-state index contributed by atoms with van der Waals surface area (Å²) in [5.41, 5.74) is 3.30. The van der Waals surface area contributed by atoms with Crippen LogP contribution in [0.2, 0.25) is 0 Å². The fourth-order valence-corrected chi connectivity index (χ4v) is 3.35. The summed E-state index contributed by atoms with van der Waals surface area (Å²) < 4.78 is 5.18. The number of hydrogen-bond acceptors (Lipinski definition) is 6. The van der Waals surface area contributed by atoms with E-state index in [-0.39, 0.29) is 11.3 Å². The predicted octanol–water partition coefficient (Wildman–Crippen LogP) is 2.10. The Morgan fingerprint density at radius 1 is 1.33 bits per heavy atom. The highest BCUT2D eigenvalue weighted by Crippen LogP contribution is 2.27. The number of nitrogens with zero attached hydrogens (tertiary/aromatic N) is 3. The lowest BCUT2D eigenvalue weighted by Gasteiger charge is -2.27. The summed E-state index contributed by atoms with van der Waals surface area (Å²) >= 11 is 0. The molecule has 0 spiro atoms. The van der Waals surface area contributed by atoms with E-state index in [1.54, 1.807) is 18.5 Å². The summed E-state index contributed by atoms with van der Waals surface area (Å²) in [5, 5.41) is 9.75. The third kappa shape index (κ3) is 3.54. The van der Waals surface area contributed by atoms with Crippen LogP contribution in [-0.4, -0.2) is 38.6 Å². The normalized spacial score (nSPS) is 14.0. The third-order valence-electron chi connectivity index (χ3n) is 4.74. The quantitative estimate of drug-likeness (QED) is 0.737. The summed E-state index contributed by atoms with van der Waals surface area (Å²) in [6.07, 6.45) is 4.03. The maximum Gasteiger partial charge on any atom is 0.254 e. The smallest absolute Gasteiger partial charge is 0.254 e. The Hall–Kier alpha value is -3.19. The average molecular weight is 364 g/mol. The molecule has 0 atom stereocenters. The Kier molecular flexibility index (Phi) is 4.60. The molecule has 2 aromatic heterocycles. The summed E-state index contributed by atoms with van der Waals surface area (Å²) in [6, 6.07) is 9.03. The number of phenolic OH excluding ortho intramolecular Hbond substituents is 1. The number of nitrogens with one attached hydrogen (secondary N) is 1. The molecule has 27 heavy (non-hydrogen) atoms. The summed E-state index contributed by atoms with van der Waals surface area (Å²) in [7, 11) is 1.53. The van der Waals surface area contributed by atoms with Gasteiger partial charge in [0.2, 0.25) is 0 Å². The number of aromatic amines is 1. The van der Waals surface area contributed by atoms with Crippen LogP contribution in [0.4, 0.5) is 0 Å². The first kappa shape index (κ1) is 17.2. The predicted molar refractivity (Wildman–Crippen MR) is 101 cm³/mol. The molecule has 0 bridgehead atoms. The van der Waals surface area contributed by atoms with E-state index in [4.69, 9.17) is 4.74 Å². The minimum atomic E-state index is -0.0789. The van der Waals surface area contributed by atoms with Crippen LogP contribution in [-0.2, 0) is 19.5 Å². The van der Waals surface area contributed by atoms with Crippen LogP contribution >= 0.6 is 0 Å². The van der Waals surface area contributed by atoms with Gasteiger partial charge in [0.25, 0.3) is 5.56 Å². The van der Waals surface area contributed by atoms with Crippen molar-refractivity contribution in [2.75, 3.05) is 13.7 Å². The zero-order valence-electron chi connectivity index (χ0n) is 15.0. The van der Waals surface area contributed by atoms with Gasteiger partial charge in [-0.05, 0) is 36.2 Å². The summed E-state index contributed by atoms with van der Waals surface area (Å²) in [5.74, 6) is 1.12. The van der Waals surface area contributed by atoms with Gasteiger partial charge in [0, 0.05) is 43.2 Å². The molecule has 1 aliphatic heterocycles. The number of fused-ring (bicyclic) bond motifs is 1. The largest absolute Gasteiger partial charge is 0.504 e. The fraction of sp³-hybridized carbons (Fsp3) is 0.250. The van der Waals surface area contributed by atoms with Crippen molar-refractivity contribution in [1.29, 1.82) is 0 Å². The van der Waals surface area contributed by atoms with Crippen LogP contribution in [0.3, 0.4) is 0 Å². The van der Waals surface area contributed by atoms with Crippen LogP contribution in [0, 0.1) is 0 Å². The number of phenols is 1. The van der Waals surface area contributed by atoms with Crippen molar-refractivity contribution < 1.29 is 9.84 Å². The first-order valence-corrected chi connectivity index (χ1v) is 8.75. The SMILES string of the molecule is COc1cc(CN2CCc3c(nc(-c4cccnc4)[nH]c3=O)C2)ccc1O.